The normalized spacial score (nSPS) is 10.6. The summed E-state index contributed by atoms with van der Waals surface area (Å²) in [4.78, 5) is 24.0. The van der Waals surface area contributed by atoms with Crippen LogP contribution in [0, 0.1) is 6.92 Å². The molecule has 0 fully saturated rings. The van der Waals surface area contributed by atoms with E-state index < -0.39 is 5.97 Å². The van der Waals surface area contributed by atoms with Gasteiger partial charge in [-0.1, -0.05) is 34.1 Å². The zero-order valence-electron chi connectivity index (χ0n) is 16.2. The topological polar surface area (TPSA) is 77.0 Å². The number of carbonyl (C=O) groups is 2. The summed E-state index contributed by atoms with van der Waals surface area (Å²) in [5.41, 5.74) is 4.56. The number of nitrogens with zero attached hydrogens (tertiary/aromatic N) is 1. The monoisotopic (exact) mass is 466 g/mol. The lowest BCUT2D eigenvalue weighted by Crippen LogP contribution is -2.24. The molecule has 0 heterocycles. The number of carbonyl (C=O) groups excluding carboxylic acids is 2. The summed E-state index contributed by atoms with van der Waals surface area (Å²) in [7, 11) is 0. The molecule has 0 radical (unpaired) electrons. The van der Waals surface area contributed by atoms with Crippen LogP contribution in [0.3, 0.4) is 0 Å². The second-order valence-electron chi connectivity index (χ2n) is 6.31. The summed E-state index contributed by atoms with van der Waals surface area (Å²) >= 11 is 3.32. The largest absolute Gasteiger partial charge is 0.483 e. The van der Waals surface area contributed by atoms with Crippen LogP contribution in [-0.4, -0.2) is 24.7 Å². The molecule has 1 amide bonds. The number of hydrazone groups is 1. The molecule has 3 aromatic rings. The molecule has 3 rings (SSSR count). The maximum atomic E-state index is 12.1. The predicted molar refractivity (Wildman–Crippen MR) is 118 cm³/mol. The molecule has 0 saturated carbocycles. The molecule has 0 aliphatic heterocycles. The minimum atomic E-state index is -0.440. The van der Waals surface area contributed by atoms with E-state index in [1.165, 1.54) is 6.21 Å². The molecular formula is C23H19BrN2O4. The quantitative estimate of drug-likeness (QED) is 0.240. The number of esters is 1. The fourth-order valence-electron chi connectivity index (χ4n) is 2.45. The lowest BCUT2D eigenvalue weighted by Gasteiger charge is -2.07. The van der Waals surface area contributed by atoms with Crippen molar-refractivity contribution >= 4 is 34.0 Å². The number of aryl methyl sites for hydroxylation is 1. The highest BCUT2D eigenvalue weighted by Crippen LogP contribution is 2.16. The van der Waals surface area contributed by atoms with Gasteiger partial charge in [-0.25, -0.2) is 10.2 Å². The Balaban J connectivity index is 1.47. The van der Waals surface area contributed by atoms with Gasteiger partial charge in [0, 0.05) is 4.47 Å². The molecule has 0 spiro atoms. The van der Waals surface area contributed by atoms with E-state index in [-0.39, 0.29) is 12.5 Å². The summed E-state index contributed by atoms with van der Waals surface area (Å²) in [6, 6.07) is 21.1. The van der Waals surface area contributed by atoms with Crippen LogP contribution in [0.4, 0.5) is 0 Å². The number of nitrogens with one attached hydrogen (secondary N) is 1. The Hall–Kier alpha value is -3.45. The van der Waals surface area contributed by atoms with Crippen molar-refractivity contribution in [1.82, 2.24) is 5.43 Å². The first-order valence-electron chi connectivity index (χ1n) is 9.09. The molecule has 0 aromatic heterocycles. The highest BCUT2D eigenvalue weighted by Gasteiger charge is 2.08. The van der Waals surface area contributed by atoms with Crippen molar-refractivity contribution in [2.45, 2.75) is 6.92 Å². The van der Waals surface area contributed by atoms with Gasteiger partial charge in [0.25, 0.3) is 5.91 Å². The van der Waals surface area contributed by atoms with Gasteiger partial charge in [0.05, 0.1) is 11.8 Å². The first-order chi connectivity index (χ1) is 14.5. The Morgan fingerprint density at radius 2 is 1.70 bits per heavy atom. The van der Waals surface area contributed by atoms with E-state index in [2.05, 4.69) is 26.5 Å². The van der Waals surface area contributed by atoms with Crippen molar-refractivity contribution in [3.8, 4) is 11.5 Å². The molecule has 152 valence electrons. The first kappa shape index (κ1) is 21.3. The van der Waals surface area contributed by atoms with Crippen molar-refractivity contribution in [2.75, 3.05) is 6.61 Å². The zero-order chi connectivity index (χ0) is 21.3. The van der Waals surface area contributed by atoms with E-state index in [1.54, 1.807) is 54.6 Å². The van der Waals surface area contributed by atoms with Gasteiger partial charge < -0.3 is 9.47 Å². The average molecular weight is 467 g/mol. The zero-order valence-corrected chi connectivity index (χ0v) is 17.8. The highest BCUT2D eigenvalue weighted by atomic mass is 79.9. The van der Waals surface area contributed by atoms with E-state index in [1.807, 2.05) is 25.1 Å². The number of amides is 1. The Morgan fingerprint density at radius 1 is 1.00 bits per heavy atom. The Bertz CT molecular complexity index is 1050. The minimum Gasteiger partial charge on any atom is -0.483 e. The summed E-state index contributed by atoms with van der Waals surface area (Å²) in [5, 5.41) is 3.91. The second-order valence-corrected chi connectivity index (χ2v) is 7.23. The lowest BCUT2D eigenvalue weighted by molar-refractivity contribution is -0.123. The van der Waals surface area contributed by atoms with Crippen LogP contribution >= 0.6 is 15.9 Å². The van der Waals surface area contributed by atoms with Crippen LogP contribution in [0.25, 0.3) is 0 Å². The smallest absolute Gasteiger partial charge is 0.343 e. The van der Waals surface area contributed by atoms with Crippen LogP contribution in [0.5, 0.6) is 11.5 Å². The number of ether oxygens (including phenoxy) is 2. The van der Waals surface area contributed by atoms with Gasteiger partial charge in [-0.05, 0) is 72.6 Å². The molecule has 0 aliphatic carbocycles. The van der Waals surface area contributed by atoms with Crippen molar-refractivity contribution < 1.29 is 19.1 Å². The van der Waals surface area contributed by atoms with Crippen LogP contribution in [-0.2, 0) is 4.79 Å². The summed E-state index contributed by atoms with van der Waals surface area (Å²) in [5.74, 6) is 0.264. The third kappa shape index (κ3) is 6.28. The number of para-hydroxylation sites is 1. The van der Waals surface area contributed by atoms with Gasteiger partial charge in [-0.3, -0.25) is 4.79 Å². The van der Waals surface area contributed by atoms with E-state index >= 15 is 0 Å². The number of hydrogen-bond donors (Lipinski definition) is 1. The Kier molecular flexibility index (Phi) is 7.34. The molecule has 0 atom stereocenters. The van der Waals surface area contributed by atoms with Crippen LogP contribution in [0.15, 0.2) is 82.4 Å². The number of halogens is 1. The lowest BCUT2D eigenvalue weighted by atomic mass is 10.2. The maximum absolute atomic E-state index is 12.1. The van der Waals surface area contributed by atoms with Crippen molar-refractivity contribution in [2.24, 2.45) is 5.10 Å². The van der Waals surface area contributed by atoms with Gasteiger partial charge in [-0.15, -0.1) is 0 Å². The van der Waals surface area contributed by atoms with Gasteiger partial charge in [-0.2, -0.15) is 5.10 Å². The van der Waals surface area contributed by atoms with Crippen LogP contribution < -0.4 is 14.9 Å². The minimum absolute atomic E-state index is 0.132. The van der Waals surface area contributed by atoms with Gasteiger partial charge >= 0.3 is 5.97 Å². The molecule has 6 nitrogen and oxygen atoms in total. The first-order valence-corrected chi connectivity index (χ1v) is 9.89. The van der Waals surface area contributed by atoms with Gasteiger partial charge in [0.15, 0.2) is 6.61 Å². The molecule has 0 saturated heterocycles. The van der Waals surface area contributed by atoms with Crippen LogP contribution in [0.2, 0.25) is 0 Å². The average Bonchev–Trinajstić information content (AvgIpc) is 2.75. The SMILES string of the molecule is Cc1ccccc1OCC(=O)NN=Cc1ccc(OC(=O)c2ccc(Br)cc2)cc1. The Morgan fingerprint density at radius 3 is 2.40 bits per heavy atom. The summed E-state index contributed by atoms with van der Waals surface area (Å²) < 4.78 is 11.7. The molecule has 30 heavy (non-hydrogen) atoms. The fourth-order valence-corrected chi connectivity index (χ4v) is 2.71. The fraction of sp³-hybridized carbons (Fsp3) is 0.0870. The maximum Gasteiger partial charge on any atom is 0.343 e. The highest BCUT2D eigenvalue weighted by molar-refractivity contribution is 9.10. The molecule has 0 unspecified atom stereocenters. The van der Waals surface area contributed by atoms with Crippen molar-refractivity contribution in [1.29, 1.82) is 0 Å². The molecule has 0 aliphatic rings. The second kappa shape index (κ2) is 10.4. The van der Waals surface area contributed by atoms with E-state index in [0.29, 0.717) is 17.1 Å². The van der Waals surface area contributed by atoms with Gasteiger partial charge in [0.1, 0.15) is 11.5 Å². The molecular weight excluding hydrogens is 448 g/mol. The van der Waals surface area contributed by atoms with Crippen molar-refractivity contribution in [3.05, 3.63) is 94.0 Å². The predicted octanol–water partition coefficient (Wildman–Crippen LogP) is 4.51. The van der Waals surface area contributed by atoms with Gasteiger partial charge in [0.2, 0.25) is 0 Å². The standard InChI is InChI=1S/C23H19BrN2O4/c1-16-4-2-3-5-21(16)29-15-22(27)26-25-14-17-6-12-20(13-7-17)30-23(28)18-8-10-19(24)11-9-18/h2-14H,15H2,1H3,(H,26,27). The molecule has 1 N–H and O–H groups in total. The van der Waals surface area contributed by atoms with E-state index in [0.717, 1.165) is 15.6 Å². The van der Waals surface area contributed by atoms with Crippen LogP contribution in [0.1, 0.15) is 21.5 Å². The number of benzene rings is 3. The third-order valence-corrected chi connectivity index (χ3v) is 4.55. The number of hydrogen-bond acceptors (Lipinski definition) is 5. The number of rotatable bonds is 7. The summed E-state index contributed by atoms with van der Waals surface area (Å²) in [6.45, 7) is 1.78. The van der Waals surface area contributed by atoms with Crippen molar-refractivity contribution in [3.63, 3.8) is 0 Å². The molecule has 3 aromatic carbocycles. The summed E-state index contributed by atoms with van der Waals surface area (Å²) in [6.07, 6.45) is 1.49. The third-order valence-electron chi connectivity index (χ3n) is 4.03. The van der Waals surface area contributed by atoms with E-state index in [9.17, 15) is 9.59 Å². The molecule has 7 heteroatoms. The molecule has 0 bridgehead atoms. The Labute approximate surface area is 182 Å². The van der Waals surface area contributed by atoms with E-state index in [4.69, 9.17) is 9.47 Å².